The Labute approximate surface area is 111 Å². The zero-order chi connectivity index (χ0) is 13.8. The van der Waals surface area contributed by atoms with Crippen molar-refractivity contribution in [1.82, 2.24) is 0 Å². The van der Waals surface area contributed by atoms with Gasteiger partial charge in [0.15, 0.2) is 0 Å². The van der Waals surface area contributed by atoms with Crippen LogP contribution >= 0.6 is 0 Å². The van der Waals surface area contributed by atoms with Crippen LogP contribution in [0.1, 0.15) is 5.56 Å². The maximum absolute atomic E-state index is 13.2. The second-order valence-electron chi connectivity index (χ2n) is 4.33. The number of hydrogen-bond donors (Lipinski definition) is 1. The molecule has 2 rings (SSSR count). The second-order valence-corrected chi connectivity index (χ2v) is 4.33. The van der Waals surface area contributed by atoms with E-state index in [9.17, 15) is 9.50 Å². The fraction of sp³-hybridized carbons (Fsp3) is 0.200. The molecule has 0 saturated heterocycles. The van der Waals surface area contributed by atoms with E-state index in [0.29, 0.717) is 12.1 Å². The molecule has 0 aromatic heterocycles. The van der Waals surface area contributed by atoms with Crippen LogP contribution in [-0.2, 0) is 6.54 Å². The van der Waals surface area contributed by atoms with Crippen molar-refractivity contribution >= 4 is 5.69 Å². The number of rotatable bonds is 4. The fourth-order valence-electron chi connectivity index (χ4n) is 1.86. The van der Waals surface area contributed by atoms with Crippen molar-refractivity contribution in [3.63, 3.8) is 0 Å². The maximum Gasteiger partial charge on any atom is 0.123 e. The number of halogens is 1. The third-order valence-electron chi connectivity index (χ3n) is 2.96. The number of anilines is 1. The Balaban J connectivity index is 2.15. The minimum atomic E-state index is -0.351. The van der Waals surface area contributed by atoms with Gasteiger partial charge in [-0.15, -0.1) is 0 Å². The smallest absolute Gasteiger partial charge is 0.123 e. The van der Waals surface area contributed by atoms with E-state index < -0.39 is 0 Å². The number of phenols is 1. The van der Waals surface area contributed by atoms with Crippen LogP contribution in [0.3, 0.4) is 0 Å². The van der Waals surface area contributed by atoms with Crippen molar-refractivity contribution in [1.29, 1.82) is 0 Å². The summed E-state index contributed by atoms with van der Waals surface area (Å²) in [7, 11) is 3.50. The number of hydrogen-bond acceptors (Lipinski definition) is 3. The maximum atomic E-state index is 13.2. The second kappa shape index (κ2) is 5.61. The molecular weight excluding hydrogens is 245 g/mol. The Morgan fingerprint density at radius 3 is 2.47 bits per heavy atom. The Hall–Kier alpha value is -2.23. The summed E-state index contributed by atoms with van der Waals surface area (Å²) >= 11 is 0. The van der Waals surface area contributed by atoms with Crippen molar-refractivity contribution < 1.29 is 14.2 Å². The predicted molar refractivity (Wildman–Crippen MR) is 73.2 cm³/mol. The molecular formula is C15H16FNO2. The Morgan fingerprint density at radius 2 is 1.84 bits per heavy atom. The summed E-state index contributed by atoms with van der Waals surface area (Å²) in [6, 6.07) is 11.5. The number of methoxy groups -OCH3 is 1. The van der Waals surface area contributed by atoms with Gasteiger partial charge in [0.2, 0.25) is 0 Å². The highest BCUT2D eigenvalue weighted by atomic mass is 19.1. The van der Waals surface area contributed by atoms with Crippen molar-refractivity contribution in [2.75, 3.05) is 19.1 Å². The van der Waals surface area contributed by atoms with Gasteiger partial charge in [-0.1, -0.05) is 0 Å². The topological polar surface area (TPSA) is 32.7 Å². The van der Waals surface area contributed by atoms with Crippen molar-refractivity contribution in [3.05, 3.63) is 53.8 Å². The van der Waals surface area contributed by atoms with Crippen LogP contribution < -0.4 is 9.64 Å². The lowest BCUT2D eigenvalue weighted by Gasteiger charge is -2.20. The number of ether oxygens (including phenoxy) is 1. The number of aromatic hydroxyl groups is 1. The minimum Gasteiger partial charge on any atom is -0.508 e. The zero-order valence-corrected chi connectivity index (χ0v) is 10.9. The van der Waals surface area contributed by atoms with Crippen LogP contribution in [0.25, 0.3) is 0 Å². The molecule has 100 valence electrons. The van der Waals surface area contributed by atoms with Gasteiger partial charge in [-0.2, -0.15) is 0 Å². The molecule has 0 fully saturated rings. The van der Waals surface area contributed by atoms with Gasteiger partial charge in [-0.25, -0.2) is 4.39 Å². The first-order chi connectivity index (χ1) is 9.10. The average Bonchev–Trinajstić information content (AvgIpc) is 2.43. The third-order valence-corrected chi connectivity index (χ3v) is 2.96. The van der Waals surface area contributed by atoms with E-state index in [-0.39, 0.29) is 11.6 Å². The highest BCUT2D eigenvalue weighted by molar-refractivity contribution is 5.49. The fourth-order valence-corrected chi connectivity index (χ4v) is 1.86. The van der Waals surface area contributed by atoms with Crippen molar-refractivity contribution in [3.8, 4) is 11.5 Å². The molecule has 0 aliphatic rings. The highest BCUT2D eigenvalue weighted by Gasteiger charge is 2.07. The van der Waals surface area contributed by atoms with E-state index in [1.807, 2.05) is 36.2 Å². The Kier molecular flexibility index (Phi) is 3.90. The number of benzene rings is 2. The van der Waals surface area contributed by atoms with Crippen molar-refractivity contribution in [2.24, 2.45) is 0 Å². The standard InChI is InChI=1S/C15H16FNO2/c1-17(13-4-6-14(19-2)7-5-13)10-11-9-12(16)3-8-15(11)18/h3-9,18H,10H2,1-2H3. The molecule has 4 heteroatoms. The monoisotopic (exact) mass is 261 g/mol. The van der Waals surface area contributed by atoms with Gasteiger partial charge >= 0.3 is 0 Å². The van der Waals surface area contributed by atoms with E-state index in [2.05, 4.69) is 0 Å². The lowest BCUT2D eigenvalue weighted by molar-refractivity contribution is 0.415. The van der Waals surface area contributed by atoms with Gasteiger partial charge < -0.3 is 14.7 Å². The Morgan fingerprint density at radius 1 is 1.16 bits per heavy atom. The molecule has 2 aromatic rings. The molecule has 0 atom stereocenters. The predicted octanol–water partition coefficient (Wildman–Crippen LogP) is 3.18. The van der Waals surface area contributed by atoms with Crippen LogP contribution in [0.4, 0.5) is 10.1 Å². The first kappa shape index (κ1) is 13.2. The summed E-state index contributed by atoms with van der Waals surface area (Å²) in [6.07, 6.45) is 0. The van der Waals surface area contributed by atoms with Crippen LogP contribution in [0.15, 0.2) is 42.5 Å². The summed E-state index contributed by atoms with van der Waals surface area (Å²) in [5, 5.41) is 9.70. The average molecular weight is 261 g/mol. The van der Waals surface area contributed by atoms with Crippen LogP contribution in [-0.4, -0.2) is 19.3 Å². The quantitative estimate of drug-likeness (QED) is 0.917. The summed E-state index contributed by atoms with van der Waals surface area (Å²) in [4.78, 5) is 1.92. The molecule has 0 amide bonds. The van der Waals surface area contributed by atoms with E-state index in [1.165, 1.54) is 18.2 Å². The SMILES string of the molecule is COc1ccc(N(C)Cc2cc(F)ccc2O)cc1. The Bertz CT molecular complexity index is 555. The summed E-state index contributed by atoms with van der Waals surface area (Å²) in [5.41, 5.74) is 1.52. The van der Waals surface area contributed by atoms with Gasteiger partial charge in [-0.05, 0) is 42.5 Å². The normalized spacial score (nSPS) is 10.3. The van der Waals surface area contributed by atoms with Crippen LogP contribution in [0.5, 0.6) is 11.5 Å². The largest absolute Gasteiger partial charge is 0.508 e. The summed E-state index contributed by atoms with van der Waals surface area (Å²) in [6.45, 7) is 0.427. The first-order valence-corrected chi connectivity index (χ1v) is 5.92. The van der Waals surface area contributed by atoms with Gasteiger partial charge in [0.25, 0.3) is 0 Å². The summed E-state index contributed by atoms with van der Waals surface area (Å²) in [5.74, 6) is 0.531. The lowest BCUT2D eigenvalue weighted by atomic mass is 10.1. The molecule has 0 spiro atoms. The molecule has 0 aliphatic carbocycles. The van der Waals surface area contributed by atoms with Gasteiger partial charge in [0.05, 0.1) is 7.11 Å². The molecule has 19 heavy (non-hydrogen) atoms. The molecule has 0 heterocycles. The van der Waals surface area contributed by atoms with Crippen LogP contribution in [0, 0.1) is 5.82 Å². The highest BCUT2D eigenvalue weighted by Crippen LogP contribution is 2.23. The summed E-state index contributed by atoms with van der Waals surface area (Å²) < 4.78 is 18.2. The van der Waals surface area contributed by atoms with E-state index in [1.54, 1.807) is 7.11 Å². The first-order valence-electron chi connectivity index (χ1n) is 5.92. The lowest BCUT2D eigenvalue weighted by Crippen LogP contribution is -2.16. The molecule has 0 unspecified atom stereocenters. The van der Waals surface area contributed by atoms with E-state index in [0.717, 1.165) is 11.4 Å². The zero-order valence-electron chi connectivity index (χ0n) is 10.9. The molecule has 1 N–H and O–H groups in total. The van der Waals surface area contributed by atoms with Gasteiger partial charge in [0.1, 0.15) is 17.3 Å². The van der Waals surface area contributed by atoms with E-state index in [4.69, 9.17) is 4.74 Å². The molecule has 0 saturated carbocycles. The van der Waals surface area contributed by atoms with Crippen molar-refractivity contribution in [2.45, 2.75) is 6.54 Å². The molecule has 2 aromatic carbocycles. The molecule has 0 radical (unpaired) electrons. The third kappa shape index (κ3) is 3.16. The van der Waals surface area contributed by atoms with E-state index >= 15 is 0 Å². The molecule has 0 aliphatic heterocycles. The number of phenolic OH excluding ortho intramolecular Hbond substituents is 1. The molecule has 0 bridgehead atoms. The molecule has 3 nitrogen and oxygen atoms in total. The minimum absolute atomic E-state index is 0.0989. The van der Waals surface area contributed by atoms with Gasteiger partial charge in [0, 0.05) is 24.8 Å². The van der Waals surface area contributed by atoms with Gasteiger partial charge in [-0.3, -0.25) is 0 Å². The van der Waals surface area contributed by atoms with Crippen LogP contribution in [0.2, 0.25) is 0 Å². The number of nitrogens with zero attached hydrogens (tertiary/aromatic N) is 1.